The summed E-state index contributed by atoms with van der Waals surface area (Å²) in [5.41, 5.74) is 6.31. The molecule has 0 saturated carbocycles. The van der Waals surface area contributed by atoms with E-state index in [9.17, 15) is 29.8 Å². The van der Waals surface area contributed by atoms with Gasteiger partial charge in [0.25, 0.3) is 11.4 Å². The molecule has 0 radical (unpaired) electrons. The molecule has 0 aliphatic rings. The van der Waals surface area contributed by atoms with E-state index in [2.05, 4.69) is 40.5 Å². The molecule has 18 nitrogen and oxygen atoms in total. The summed E-state index contributed by atoms with van der Waals surface area (Å²) in [4.78, 5) is 48.8. The van der Waals surface area contributed by atoms with E-state index >= 15 is 0 Å². The van der Waals surface area contributed by atoms with Crippen LogP contribution >= 0.6 is 22.7 Å². The number of rotatable bonds is 12. The largest absolute Gasteiger partial charge is 0.512 e. The number of nitro groups is 2. The average Bonchev–Trinajstić information content (AvgIpc) is 3.65. The van der Waals surface area contributed by atoms with Gasteiger partial charge >= 0.3 is 12.3 Å². The number of nitro benzene ring substituents is 2. The van der Waals surface area contributed by atoms with E-state index in [4.69, 9.17) is 10.2 Å². The highest BCUT2D eigenvalue weighted by Gasteiger charge is 2.09. The van der Waals surface area contributed by atoms with Crippen LogP contribution in [0.15, 0.2) is 81.6 Å². The van der Waals surface area contributed by atoms with Gasteiger partial charge in [-0.1, -0.05) is 53.0 Å². The predicted molar refractivity (Wildman–Crippen MR) is 170 cm³/mol. The van der Waals surface area contributed by atoms with Gasteiger partial charge in [-0.25, -0.2) is 9.59 Å². The molecule has 46 heavy (non-hydrogen) atoms. The van der Waals surface area contributed by atoms with Crippen molar-refractivity contribution < 1.29 is 39.1 Å². The minimum Gasteiger partial charge on any atom is -0.449 e. The van der Waals surface area contributed by atoms with Crippen molar-refractivity contribution in [1.29, 1.82) is 0 Å². The van der Waals surface area contributed by atoms with Gasteiger partial charge in [0.05, 0.1) is 26.2 Å². The first-order chi connectivity index (χ1) is 22.1. The quantitative estimate of drug-likeness (QED) is 0.0548. The number of nitrogens with zero attached hydrogens (tertiary/aromatic N) is 6. The molecule has 0 fully saturated rings. The molecule has 0 spiro atoms. The summed E-state index contributed by atoms with van der Waals surface area (Å²) in [6, 6.07) is 12.5. The molecule has 4 aromatic rings. The Morgan fingerprint density at radius 2 is 1.37 bits per heavy atom. The highest BCUT2D eigenvalue weighted by Crippen LogP contribution is 2.22. The number of para-hydroxylation sites is 1. The number of aromatic nitrogens is 2. The third-order valence-electron chi connectivity index (χ3n) is 4.77. The molecule has 0 unspecified atom stereocenters. The lowest BCUT2D eigenvalue weighted by Crippen LogP contribution is -2.03. The van der Waals surface area contributed by atoms with E-state index in [-0.39, 0.29) is 23.1 Å². The minimum absolute atomic E-state index is 0.000457. The van der Waals surface area contributed by atoms with Gasteiger partial charge in [-0.2, -0.15) is 20.2 Å². The molecule has 236 valence electrons. The van der Waals surface area contributed by atoms with Crippen molar-refractivity contribution in [2.45, 2.75) is 0 Å². The summed E-state index contributed by atoms with van der Waals surface area (Å²) in [5.74, 6) is -0.0806. The monoisotopic (exact) mass is 668 g/mol. The second kappa shape index (κ2) is 17.5. The number of non-ortho nitro benzene ring substituents is 1. The van der Waals surface area contributed by atoms with E-state index in [1.54, 1.807) is 48.6 Å². The molecule has 4 N–H and O–H groups in total. The molecule has 2 aromatic heterocycles. The molecule has 0 aliphatic heterocycles. The van der Waals surface area contributed by atoms with Gasteiger partial charge < -0.3 is 19.7 Å². The SMILES string of the molecule is O=C(O)Oc1csc(NN=CC=Cc2cccc([N+](=O)[O-])c2)n1.O=C(O)Oc1csc(NN=CC=Cc2ccccc2[N+](=O)[O-])n1. The van der Waals surface area contributed by atoms with Gasteiger partial charge in [0.2, 0.25) is 22.0 Å². The lowest BCUT2D eigenvalue weighted by Gasteiger charge is -1.95. The number of thiazole rings is 2. The van der Waals surface area contributed by atoms with Crippen LogP contribution in [-0.4, -0.2) is 54.8 Å². The zero-order valence-corrected chi connectivity index (χ0v) is 24.5. The molecule has 2 heterocycles. The number of carboxylic acid groups (broad SMARTS) is 2. The Kier molecular flexibility index (Phi) is 13.0. The fourth-order valence-electron chi connectivity index (χ4n) is 3.00. The first-order valence-corrected chi connectivity index (χ1v) is 14.0. The van der Waals surface area contributed by atoms with E-state index in [0.29, 0.717) is 21.4 Å². The zero-order valence-electron chi connectivity index (χ0n) is 22.9. The van der Waals surface area contributed by atoms with E-state index in [1.165, 1.54) is 47.5 Å². The summed E-state index contributed by atoms with van der Waals surface area (Å²) >= 11 is 2.24. The number of benzene rings is 2. The van der Waals surface area contributed by atoms with Crippen LogP contribution in [0.3, 0.4) is 0 Å². The van der Waals surface area contributed by atoms with E-state index in [0.717, 1.165) is 22.7 Å². The van der Waals surface area contributed by atoms with Crippen LogP contribution in [0.5, 0.6) is 11.8 Å². The topological polar surface area (TPSA) is 254 Å². The summed E-state index contributed by atoms with van der Waals surface area (Å²) in [6.45, 7) is 0. The van der Waals surface area contributed by atoms with Crippen LogP contribution in [0.1, 0.15) is 11.1 Å². The van der Waals surface area contributed by atoms with Crippen LogP contribution < -0.4 is 20.3 Å². The van der Waals surface area contributed by atoms with Gasteiger partial charge in [0, 0.05) is 30.6 Å². The standard InChI is InChI=1S/2C13H10N4O5S/c18-13(19)22-11-8-23-12(15-11)16-14-6-2-4-9-3-1-5-10(7-9)17(20)21;18-13(19)22-11-8-23-12(15-11)16-14-7-3-5-9-4-1-2-6-10(9)17(20)21/h2*1-8H,(H,15,16)(H,18,19). The second-order valence-electron chi connectivity index (χ2n) is 7.88. The van der Waals surface area contributed by atoms with Crippen LogP contribution in [-0.2, 0) is 0 Å². The second-order valence-corrected chi connectivity index (χ2v) is 9.60. The highest BCUT2D eigenvalue weighted by molar-refractivity contribution is 7.14. The number of carbonyl (C=O) groups is 2. The normalized spacial score (nSPS) is 11.0. The molecule has 2 aromatic carbocycles. The highest BCUT2D eigenvalue weighted by atomic mass is 32.1. The first-order valence-electron chi connectivity index (χ1n) is 12.2. The molecular weight excluding hydrogens is 648 g/mol. The smallest absolute Gasteiger partial charge is 0.449 e. The lowest BCUT2D eigenvalue weighted by atomic mass is 10.2. The number of ether oxygens (including phenoxy) is 2. The van der Waals surface area contributed by atoms with E-state index in [1.807, 2.05) is 0 Å². The zero-order chi connectivity index (χ0) is 33.3. The Balaban J connectivity index is 0.000000250. The minimum atomic E-state index is -1.45. The summed E-state index contributed by atoms with van der Waals surface area (Å²) in [7, 11) is 0. The Morgan fingerprint density at radius 1 is 0.804 bits per heavy atom. The van der Waals surface area contributed by atoms with Crippen LogP contribution in [0, 0.1) is 20.2 Å². The van der Waals surface area contributed by atoms with E-state index < -0.39 is 22.2 Å². The lowest BCUT2D eigenvalue weighted by molar-refractivity contribution is -0.385. The van der Waals surface area contributed by atoms with Crippen molar-refractivity contribution in [2.24, 2.45) is 10.2 Å². The van der Waals surface area contributed by atoms with Crippen LogP contribution in [0.25, 0.3) is 12.2 Å². The maximum absolute atomic E-state index is 10.8. The number of anilines is 2. The van der Waals surface area contributed by atoms with Gasteiger partial charge in [-0.3, -0.25) is 31.1 Å². The Labute approximate surface area is 265 Å². The van der Waals surface area contributed by atoms with Crippen molar-refractivity contribution in [1.82, 2.24) is 9.97 Å². The molecule has 4 rings (SSSR count). The molecule has 20 heteroatoms. The Morgan fingerprint density at radius 3 is 1.91 bits per heavy atom. The number of hydrogen-bond acceptors (Lipinski definition) is 16. The van der Waals surface area contributed by atoms with Gasteiger partial charge in [-0.05, 0) is 29.9 Å². The third-order valence-corrected chi connectivity index (χ3v) is 6.22. The van der Waals surface area contributed by atoms with Crippen molar-refractivity contribution in [3.63, 3.8) is 0 Å². The molecule has 0 atom stereocenters. The fraction of sp³-hybridized carbons (Fsp3) is 0. The molecule has 0 bridgehead atoms. The molecule has 0 aliphatic carbocycles. The summed E-state index contributed by atoms with van der Waals surface area (Å²) in [5, 5.41) is 49.6. The maximum Gasteiger partial charge on any atom is 0.512 e. The van der Waals surface area contributed by atoms with Gasteiger partial charge in [0.15, 0.2) is 0 Å². The number of nitrogens with one attached hydrogen (secondary N) is 2. The molecule has 0 amide bonds. The maximum atomic E-state index is 10.8. The van der Waals surface area contributed by atoms with Gasteiger partial charge in [-0.15, -0.1) is 0 Å². The summed E-state index contributed by atoms with van der Waals surface area (Å²) < 4.78 is 8.73. The van der Waals surface area contributed by atoms with Gasteiger partial charge in [0.1, 0.15) is 0 Å². The molecule has 0 saturated heterocycles. The van der Waals surface area contributed by atoms with Crippen LogP contribution in [0.4, 0.5) is 31.2 Å². The number of hydrazone groups is 2. The molecular formula is C26H20N8O10S2. The Hall–Kier alpha value is -6.54. The Bertz CT molecular complexity index is 1800. The third kappa shape index (κ3) is 12.0. The first kappa shape index (κ1) is 34.0. The fourth-order valence-corrected chi connectivity index (χ4v) is 4.12. The van der Waals surface area contributed by atoms with Crippen molar-refractivity contribution in [3.8, 4) is 11.8 Å². The van der Waals surface area contributed by atoms with Crippen LogP contribution in [0.2, 0.25) is 0 Å². The predicted octanol–water partition coefficient (Wildman–Crippen LogP) is 6.44. The number of hydrogen-bond donors (Lipinski definition) is 4. The van der Waals surface area contributed by atoms with Crippen molar-refractivity contribution in [2.75, 3.05) is 10.9 Å². The number of allylic oxidation sites excluding steroid dienone is 2. The summed E-state index contributed by atoms with van der Waals surface area (Å²) in [6.07, 6.45) is 6.24. The van der Waals surface area contributed by atoms with Crippen molar-refractivity contribution in [3.05, 3.63) is 103 Å². The van der Waals surface area contributed by atoms with Crippen molar-refractivity contribution >= 4 is 81.2 Å². The average molecular weight is 669 g/mol.